The van der Waals surface area contributed by atoms with Crippen LogP contribution in [0.5, 0.6) is 5.75 Å². The van der Waals surface area contributed by atoms with Crippen LogP contribution >= 0.6 is 0 Å². The van der Waals surface area contributed by atoms with E-state index in [1.807, 2.05) is 9.80 Å². The molecule has 452 valence electrons. The Morgan fingerprint density at radius 1 is 0.412 bits per heavy atom. The lowest BCUT2D eigenvalue weighted by atomic mass is 10.2. The van der Waals surface area contributed by atoms with Crippen molar-refractivity contribution in [2.24, 2.45) is 0 Å². The summed E-state index contributed by atoms with van der Waals surface area (Å²) in [5.41, 5.74) is 1.88. The number of carboxylic acid groups (broad SMARTS) is 4. The Hall–Kier alpha value is -9.03. The number of nitrogens with one attached hydrogen (secondary N) is 2. The van der Waals surface area contributed by atoms with Crippen LogP contribution in [0, 0.1) is 0 Å². The lowest BCUT2D eigenvalue weighted by Gasteiger charge is -2.24. The summed E-state index contributed by atoms with van der Waals surface area (Å²) in [6, 6.07) is 21.8. The molecule has 0 spiro atoms. The van der Waals surface area contributed by atoms with Crippen molar-refractivity contribution in [2.75, 3.05) is 92.3 Å². The Bertz CT molecular complexity index is 2830. The summed E-state index contributed by atoms with van der Waals surface area (Å²) in [6.07, 6.45) is 2.46. The summed E-state index contributed by atoms with van der Waals surface area (Å²) in [5.74, 6) is -5.88. The van der Waals surface area contributed by atoms with Crippen LogP contribution in [0.3, 0.4) is 0 Å². The smallest absolute Gasteiger partial charge is 0.354 e. The van der Waals surface area contributed by atoms with Crippen LogP contribution in [0.1, 0.15) is 89.0 Å². The molecule has 0 unspecified atom stereocenters. The zero-order valence-corrected chi connectivity index (χ0v) is 46.4. The molecule has 85 heavy (non-hydrogen) atoms. The molecule has 28 nitrogen and oxygen atoms in total. The first-order chi connectivity index (χ1) is 41.1. The first-order valence-corrected chi connectivity index (χ1v) is 26.9. The summed E-state index contributed by atoms with van der Waals surface area (Å²) in [5, 5.41) is 44.1. The summed E-state index contributed by atoms with van der Waals surface area (Å²) >= 11 is 0. The zero-order chi connectivity index (χ0) is 60.8. The minimum absolute atomic E-state index is 0.00398. The molecule has 6 rings (SSSR count). The summed E-state index contributed by atoms with van der Waals surface area (Å²) < 4.78 is 34.0. The Labute approximate surface area is 487 Å². The van der Waals surface area contributed by atoms with Crippen molar-refractivity contribution in [3.8, 4) is 5.75 Å². The Balaban J connectivity index is 0.964. The molecule has 0 atom stereocenters. The van der Waals surface area contributed by atoms with Gasteiger partial charge in [-0.15, -0.1) is 0 Å². The van der Waals surface area contributed by atoms with Gasteiger partial charge in [-0.1, -0.05) is 24.3 Å². The SMILES string of the molecule is O=C(CCOCCOCCNC(=O)CCN1C(=O)C=CC1=O)NCCOCCOCCOCCOc1cc(CN(Cc2cccc(C(=O)O)n2)Cc2cccc(C(=O)O)n2)nc(CN(Cc2cccc(C(=O)O)n2)Cc2cccc(C(=O)O)n2)c1. The van der Waals surface area contributed by atoms with Gasteiger partial charge < -0.3 is 59.5 Å². The van der Waals surface area contributed by atoms with E-state index in [1.165, 1.54) is 24.3 Å². The van der Waals surface area contributed by atoms with Gasteiger partial charge in [0.05, 0.1) is 100 Å². The standard InChI is InChI=1S/C57H66N10O18/c68-50(15-19-67-52(70)13-14-53(67)71)58-17-21-81-24-23-80-20-16-51(69)59-18-22-82-25-26-83-27-28-84-29-30-85-45-31-43(37-65(33-39-5-1-9-46(61-39)54(72)73)34-40-6-2-10-47(62-40)55(74)75)60-44(32-45)38-66(35-41-7-3-11-48(63-41)56(76)77)36-42-8-4-12-49(64-42)57(78)79/h1-14,31-32H,15-30,33-38H2,(H,58,68)(H,59,69)(H,72,73)(H,74,75)(H,76,77)(H,78,79). The number of ether oxygens (including phenoxy) is 6. The number of hydrogen-bond donors (Lipinski definition) is 6. The van der Waals surface area contributed by atoms with E-state index in [0.29, 0.717) is 39.9 Å². The second kappa shape index (κ2) is 35.2. The van der Waals surface area contributed by atoms with Gasteiger partial charge in [-0.3, -0.25) is 38.9 Å². The van der Waals surface area contributed by atoms with E-state index in [0.717, 1.165) is 17.1 Å². The van der Waals surface area contributed by atoms with Crippen molar-refractivity contribution in [2.45, 2.75) is 52.1 Å². The number of imide groups is 1. The zero-order valence-electron chi connectivity index (χ0n) is 46.4. The van der Waals surface area contributed by atoms with Crippen molar-refractivity contribution >= 4 is 47.5 Å². The number of aromatic carboxylic acids is 4. The third kappa shape index (κ3) is 24.0. The highest BCUT2D eigenvalue weighted by molar-refractivity contribution is 6.13. The molecule has 1 aliphatic rings. The molecule has 0 saturated heterocycles. The van der Waals surface area contributed by atoms with Gasteiger partial charge in [0.2, 0.25) is 11.8 Å². The van der Waals surface area contributed by atoms with E-state index in [-0.39, 0.29) is 179 Å². The van der Waals surface area contributed by atoms with Crippen molar-refractivity contribution in [3.05, 3.63) is 154 Å². The number of nitrogens with zero attached hydrogens (tertiary/aromatic N) is 8. The Morgan fingerprint density at radius 3 is 1.12 bits per heavy atom. The predicted octanol–water partition coefficient (Wildman–Crippen LogP) is 2.26. The van der Waals surface area contributed by atoms with Crippen LogP contribution in [-0.4, -0.2) is 200 Å². The number of carboxylic acids is 4. The second-order valence-electron chi connectivity index (χ2n) is 18.6. The molecule has 4 amide bonds. The van der Waals surface area contributed by atoms with E-state index in [4.69, 9.17) is 33.4 Å². The van der Waals surface area contributed by atoms with Gasteiger partial charge >= 0.3 is 23.9 Å². The van der Waals surface area contributed by atoms with Crippen LogP contribution < -0.4 is 15.4 Å². The Morgan fingerprint density at radius 2 is 0.741 bits per heavy atom. The maximum atomic E-state index is 12.2. The summed E-state index contributed by atoms with van der Waals surface area (Å²) in [7, 11) is 0. The fourth-order valence-electron chi connectivity index (χ4n) is 8.14. The maximum Gasteiger partial charge on any atom is 0.354 e. The normalized spacial score (nSPS) is 12.0. The number of carbonyl (C=O) groups excluding carboxylic acids is 4. The first-order valence-electron chi connectivity index (χ1n) is 26.9. The van der Waals surface area contributed by atoms with Crippen molar-refractivity contribution in [1.29, 1.82) is 0 Å². The van der Waals surface area contributed by atoms with Crippen molar-refractivity contribution in [3.63, 3.8) is 0 Å². The minimum Gasteiger partial charge on any atom is -0.491 e. The molecular formula is C57H66N10O18. The lowest BCUT2D eigenvalue weighted by Crippen LogP contribution is -2.35. The number of pyridine rings is 5. The van der Waals surface area contributed by atoms with Crippen LogP contribution in [0.15, 0.2) is 97.1 Å². The molecule has 0 radical (unpaired) electrons. The van der Waals surface area contributed by atoms with E-state index >= 15 is 0 Å². The molecule has 5 aromatic heterocycles. The van der Waals surface area contributed by atoms with Gasteiger partial charge in [0.25, 0.3) is 11.8 Å². The Kier molecular flexibility index (Phi) is 27.0. The number of amides is 4. The van der Waals surface area contributed by atoms with Gasteiger partial charge in [0, 0.05) is 96.0 Å². The van der Waals surface area contributed by atoms with E-state index < -0.39 is 35.7 Å². The van der Waals surface area contributed by atoms with Crippen LogP contribution in [-0.2, 0) is 82.1 Å². The molecule has 0 aliphatic carbocycles. The number of hydrogen-bond acceptors (Lipinski definition) is 21. The average Bonchev–Trinajstić information content (AvgIpc) is 3.93. The molecule has 1 aliphatic heterocycles. The topological polar surface area (TPSA) is 371 Å². The van der Waals surface area contributed by atoms with Gasteiger partial charge in [0.1, 0.15) is 35.1 Å². The van der Waals surface area contributed by atoms with E-state index in [1.54, 1.807) is 60.7 Å². The highest BCUT2D eigenvalue weighted by Gasteiger charge is 2.24. The molecule has 0 bridgehead atoms. The third-order valence-electron chi connectivity index (χ3n) is 12.0. The van der Waals surface area contributed by atoms with Gasteiger partial charge in [0.15, 0.2) is 0 Å². The predicted molar refractivity (Wildman–Crippen MR) is 296 cm³/mol. The quantitative estimate of drug-likeness (QED) is 0.0241. The molecule has 0 saturated carbocycles. The third-order valence-corrected chi connectivity index (χ3v) is 12.0. The van der Waals surface area contributed by atoms with Crippen molar-refractivity contribution < 1.29 is 87.2 Å². The van der Waals surface area contributed by atoms with E-state index in [2.05, 4.69) is 30.6 Å². The van der Waals surface area contributed by atoms with E-state index in [9.17, 15) is 58.8 Å². The van der Waals surface area contributed by atoms with Gasteiger partial charge in [-0.25, -0.2) is 39.1 Å². The molecule has 28 heteroatoms. The lowest BCUT2D eigenvalue weighted by molar-refractivity contribution is -0.137. The van der Waals surface area contributed by atoms with Gasteiger partial charge in [-0.2, -0.15) is 0 Å². The maximum absolute atomic E-state index is 12.2. The van der Waals surface area contributed by atoms with Gasteiger partial charge in [-0.05, 0) is 48.5 Å². The number of aromatic nitrogens is 5. The van der Waals surface area contributed by atoms with Crippen LogP contribution in [0.25, 0.3) is 0 Å². The van der Waals surface area contributed by atoms with Crippen LogP contribution in [0.2, 0.25) is 0 Å². The number of carbonyl (C=O) groups is 8. The monoisotopic (exact) mass is 1180 g/mol. The largest absolute Gasteiger partial charge is 0.491 e. The minimum atomic E-state index is -1.22. The average molecular weight is 1180 g/mol. The summed E-state index contributed by atoms with van der Waals surface area (Å²) in [6.45, 7) is 3.60. The summed E-state index contributed by atoms with van der Waals surface area (Å²) in [4.78, 5) is 122. The highest BCUT2D eigenvalue weighted by Crippen LogP contribution is 2.22. The molecule has 5 aromatic rings. The fraction of sp³-hybridized carbons (Fsp3) is 0.386. The molecule has 6 heterocycles. The molecule has 6 N–H and O–H groups in total. The van der Waals surface area contributed by atoms with Crippen LogP contribution in [0.4, 0.5) is 0 Å². The molecule has 0 fully saturated rings. The first kappa shape index (κ1) is 65.1. The number of rotatable bonds is 41. The molecular weight excluding hydrogens is 1110 g/mol. The highest BCUT2D eigenvalue weighted by atomic mass is 16.6. The fourth-order valence-corrected chi connectivity index (χ4v) is 8.14. The second-order valence-corrected chi connectivity index (χ2v) is 18.6. The van der Waals surface area contributed by atoms with Crippen molar-refractivity contribution in [1.82, 2.24) is 50.3 Å². The molecule has 0 aromatic carbocycles.